The van der Waals surface area contributed by atoms with Gasteiger partial charge in [0.25, 0.3) is 0 Å². The first-order chi connectivity index (χ1) is 5.29. The molecule has 0 aromatic rings. The highest BCUT2D eigenvalue weighted by atomic mass is 16.4. The van der Waals surface area contributed by atoms with Crippen LogP contribution >= 0.6 is 0 Å². The van der Waals surface area contributed by atoms with Crippen LogP contribution in [-0.2, 0) is 4.79 Å². The summed E-state index contributed by atoms with van der Waals surface area (Å²) < 4.78 is 0. The second-order valence-corrected chi connectivity index (χ2v) is 3.60. The Labute approximate surface area is 65.8 Å². The van der Waals surface area contributed by atoms with Gasteiger partial charge in [-0.2, -0.15) is 0 Å². The summed E-state index contributed by atoms with van der Waals surface area (Å²) in [7, 11) is 0. The zero-order valence-electron chi connectivity index (χ0n) is 6.42. The van der Waals surface area contributed by atoms with Gasteiger partial charge in [-0.1, -0.05) is 0 Å². The minimum absolute atomic E-state index is 0.0602. The average molecular weight is 155 g/mol. The second kappa shape index (κ2) is 2.48. The molecule has 3 nitrogen and oxygen atoms in total. The molecular weight excluding hydrogens is 142 g/mol. The van der Waals surface area contributed by atoms with Crippen molar-refractivity contribution in [2.45, 2.75) is 12.8 Å². The molecule has 2 N–H and O–H groups in total. The summed E-state index contributed by atoms with van der Waals surface area (Å²) in [5.74, 6) is 0.416. The fraction of sp³-hybridized carbons (Fsp3) is 0.875. The Kier molecular flexibility index (Phi) is 1.60. The summed E-state index contributed by atoms with van der Waals surface area (Å²) in [6.07, 6.45) is 2.00. The minimum atomic E-state index is -0.596. The Morgan fingerprint density at radius 1 is 1.36 bits per heavy atom. The monoisotopic (exact) mass is 155 g/mol. The van der Waals surface area contributed by atoms with E-state index in [-0.39, 0.29) is 5.92 Å². The van der Waals surface area contributed by atoms with Crippen LogP contribution in [0.3, 0.4) is 0 Å². The lowest BCUT2D eigenvalue weighted by Crippen LogP contribution is -2.22. The van der Waals surface area contributed by atoms with E-state index >= 15 is 0 Å². The molecule has 0 spiro atoms. The summed E-state index contributed by atoms with van der Waals surface area (Å²) in [4.78, 5) is 10.7. The highest BCUT2D eigenvalue weighted by Crippen LogP contribution is 2.39. The maximum atomic E-state index is 10.7. The maximum absolute atomic E-state index is 10.7. The van der Waals surface area contributed by atoms with Crippen LogP contribution < -0.4 is 5.32 Å². The van der Waals surface area contributed by atoms with E-state index in [2.05, 4.69) is 5.32 Å². The van der Waals surface area contributed by atoms with Crippen LogP contribution in [0.5, 0.6) is 0 Å². The Morgan fingerprint density at radius 3 is 2.91 bits per heavy atom. The van der Waals surface area contributed by atoms with Gasteiger partial charge in [0.05, 0.1) is 5.92 Å². The van der Waals surface area contributed by atoms with Crippen molar-refractivity contribution in [1.82, 2.24) is 5.32 Å². The average Bonchev–Trinajstić information content (AvgIpc) is 2.41. The molecule has 11 heavy (non-hydrogen) atoms. The van der Waals surface area contributed by atoms with Crippen LogP contribution in [0.15, 0.2) is 0 Å². The van der Waals surface area contributed by atoms with Gasteiger partial charge >= 0.3 is 5.97 Å². The maximum Gasteiger partial charge on any atom is 0.306 e. The molecule has 1 heterocycles. The minimum Gasteiger partial charge on any atom is -0.481 e. The van der Waals surface area contributed by atoms with Crippen LogP contribution in [0.25, 0.3) is 0 Å². The fourth-order valence-electron chi connectivity index (χ4n) is 2.45. The van der Waals surface area contributed by atoms with Crippen molar-refractivity contribution < 1.29 is 9.90 Å². The lowest BCUT2D eigenvalue weighted by Gasteiger charge is -2.11. The number of carboxylic acid groups (broad SMARTS) is 1. The Morgan fingerprint density at radius 2 is 2.18 bits per heavy atom. The van der Waals surface area contributed by atoms with Gasteiger partial charge in [0.1, 0.15) is 0 Å². The molecule has 1 saturated heterocycles. The third-order valence-corrected chi connectivity index (χ3v) is 3.07. The molecule has 0 bridgehead atoms. The summed E-state index contributed by atoms with van der Waals surface area (Å²) in [5, 5.41) is 12.1. The van der Waals surface area contributed by atoms with Gasteiger partial charge in [-0.3, -0.25) is 4.79 Å². The van der Waals surface area contributed by atoms with Crippen molar-refractivity contribution >= 4 is 5.97 Å². The van der Waals surface area contributed by atoms with Crippen molar-refractivity contribution in [2.24, 2.45) is 17.8 Å². The Hall–Kier alpha value is -0.570. The van der Waals surface area contributed by atoms with E-state index in [1.807, 2.05) is 0 Å². The van der Waals surface area contributed by atoms with E-state index in [1.54, 1.807) is 0 Å². The number of carboxylic acids is 1. The normalized spacial score (nSPS) is 42.4. The van der Waals surface area contributed by atoms with Gasteiger partial charge in [-0.05, 0) is 37.8 Å². The van der Waals surface area contributed by atoms with Gasteiger partial charge in [-0.15, -0.1) is 0 Å². The number of aliphatic carboxylic acids is 1. The number of rotatable bonds is 1. The number of hydrogen-bond donors (Lipinski definition) is 2. The molecule has 1 saturated carbocycles. The SMILES string of the molecule is O=C(O)[C@@H]1CC[C@H]2CNC[C@H]21. The summed E-state index contributed by atoms with van der Waals surface area (Å²) in [5.41, 5.74) is 0. The fourth-order valence-corrected chi connectivity index (χ4v) is 2.45. The van der Waals surface area contributed by atoms with Gasteiger partial charge in [0, 0.05) is 0 Å². The molecule has 0 amide bonds. The van der Waals surface area contributed by atoms with E-state index in [1.165, 1.54) is 0 Å². The quantitative estimate of drug-likeness (QED) is 0.573. The number of carbonyl (C=O) groups is 1. The van der Waals surface area contributed by atoms with Gasteiger partial charge in [0.2, 0.25) is 0 Å². The molecule has 62 valence electrons. The first kappa shape index (κ1) is 7.10. The predicted molar refractivity (Wildman–Crippen MR) is 40.2 cm³/mol. The molecule has 3 heteroatoms. The topological polar surface area (TPSA) is 49.3 Å². The van der Waals surface area contributed by atoms with Gasteiger partial charge in [0.15, 0.2) is 0 Å². The largest absolute Gasteiger partial charge is 0.481 e. The molecule has 0 radical (unpaired) electrons. The van der Waals surface area contributed by atoms with E-state index < -0.39 is 5.97 Å². The molecule has 2 rings (SSSR count). The van der Waals surface area contributed by atoms with E-state index in [9.17, 15) is 4.79 Å². The van der Waals surface area contributed by atoms with Crippen molar-refractivity contribution in [3.8, 4) is 0 Å². The van der Waals surface area contributed by atoms with Crippen LogP contribution in [0.1, 0.15) is 12.8 Å². The van der Waals surface area contributed by atoms with E-state index in [0.29, 0.717) is 11.8 Å². The number of nitrogens with one attached hydrogen (secondary N) is 1. The number of fused-ring (bicyclic) bond motifs is 1. The molecule has 1 aliphatic carbocycles. The molecule has 2 fully saturated rings. The van der Waals surface area contributed by atoms with Crippen LogP contribution in [0, 0.1) is 17.8 Å². The summed E-state index contributed by atoms with van der Waals surface area (Å²) in [6, 6.07) is 0. The summed E-state index contributed by atoms with van der Waals surface area (Å²) in [6.45, 7) is 1.95. The Bertz CT molecular complexity index is 181. The second-order valence-electron chi connectivity index (χ2n) is 3.60. The lowest BCUT2D eigenvalue weighted by atomic mass is 9.93. The predicted octanol–water partition coefficient (Wildman–Crippen LogP) is 0.317. The third-order valence-electron chi connectivity index (χ3n) is 3.07. The molecule has 3 atom stereocenters. The third kappa shape index (κ3) is 1.03. The zero-order valence-corrected chi connectivity index (χ0v) is 6.42. The van der Waals surface area contributed by atoms with Crippen LogP contribution in [0.4, 0.5) is 0 Å². The van der Waals surface area contributed by atoms with Gasteiger partial charge < -0.3 is 10.4 Å². The van der Waals surface area contributed by atoms with Crippen LogP contribution in [-0.4, -0.2) is 24.2 Å². The first-order valence-electron chi connectivity index (χ1n) is 4.22. The highest BCUT2D eigenvalue weighted by Gasteiger charge is 2.42. The van der Waals surface area contributed by atoms with Gasteiger partial charge in [-0.25, -0.2) is 0 Å². The Balaban J connectivity index is 2.08. The van der Waals surface area contributed by atoms with Crippen molar-refractivity contribution in [1.29, 1.82) is 0 Å². The standard InChI is InChI=1S/C8H13NO2/c10-8(11)6-2-1-5-3-9-4-7(5)6/h5-7,9H,1-4H2,(H,10,11)/t5-,6+,7+/m0/s1. The molecule has 0 aromatic heterocycles. The van der Waals surface area contributed by atoms with Crippen molar-refractivity contribution in [3.05, 3.63) is 0 Å². The van der Waals surface area contributed by atoms with E-state index in [4.69, 9.17) is 5.11 Å². The first-order valence-corrected chi connectivity index (χ1v) is 4.22. The highest BCUT2D eigenvalue weighted by molar-refractivity contribution is 5.71. The van der Waals surface area contributed by atoms with Crippen molar-refractivity contribution in [3.63, 3.8) is 0 Å². The molecule has 0 aromatic carbocycles. The van der Waals surface area contributed by atoms with E-state index in [0.717, 1.165) is 25.9 Å². The zero-order chi connectivity index (χ0) is 7.84. The lowest BCUT2D eigenvalue weighted by molar-refractivity contribution is -0.142. The smallest absolute Gasteiger partial charge is 0.306 e. The van der Waals surface area contributed by atoms with Crippen LogP contribution in [0.2, 0.25) is 0 Å². The molecule has 2 aliphatic rings. The summed E-state index contributed by atoms with van der Waals surface area (Å²) >= 11 is 0. The van der Waals surface area contributed by atoms with Crippen molar-refractivity contribution in [2.75, 3.05) is 13.1 Å². The molecular formula is C8H13NO2. The number of hydrogen-bond acceptors (Lipinski definition) is 2. The molecule has 0 unspecified atom stereocenters. The molecule has 1 aliphatic heterocycles.